The second-order valence-corrected chi connectivity index (χ2v) is 8.48. The van der Waals surface area contributed by atoms with E-state index >= 15 is 0 Å². The second kappa shape index (κ2) is 7.12. The Morgan fingerprint density at radius 1 is 1.37 bits per heavy atom. The molecule has 27 heavy (non-hydrogen) atoms. The SMILES string of the molecule is CC=C1[C@H]2Cc3nc(OC)ccc3[C@]1(NC(=O)OC)C[C@H](OS(C)(=O)=O)C2. The molecule has 148 valence electrons. The summed E-state index contributed by atoms with van der Waals surface area (Å²) in [5.41, 5.74) is 1.70. The van der Waals surface area contributed by atoms with Gasteiger partial charge in [0, 0.05) is 18.1 Å². The number of rotatable bonds is 4. The van der Waals surface area contributed by atoms with Crippen molar-refractivity contribution >= 4 is 16.2 Å². The lowest BCUT2D eigenvalue weighted by Crippen LogP contribution is -2.57. The molecule has 2 bridgehead atoms. The number of aromatic nitrogens is 1. The number of hydrogen-bond acceptors (Lipinski definition) is 7. The molecule has 1 aromatic rings. The summed E-state index contributed by atoms with van der Waals surface area (Å²) < 4.78 is 38.8. The summed E-state index contributed by atoms with van der Waals surface area (Å²) >= 11 is 0. The van der Waals surface area contributed by atoms with Gasteiger partial charge in [0.1, 0.15) is 0 Å². The van der Waals surface area contributed by atoms with Crippen molar-refractivity contribution in [2.45, 2.75) is 37.8 Å². The van der Waals surface area contributed by atoms with Crippen molar-refractivity contribution in [1.29, 1.82) is 0 Å². The Balaban J connectivity index is 2.15. The molecule has 2 aliphatic carbocycles. The van der Waals surface area contributed by atoms with E-state index in [9.17, 15) is 13.2 Å². The van der Waals surface area contributed by atoms with Crippen molar-refractivity contribution in [3.05, 3.63) is 35.0 Å². The van der Waals surface area contributed by atoms with Crippen molar-refractivity contribution < 1.29 is 26.9 Å². The largest absolute Gasteiger partial charge is 0.481 e. The number of carbonyl (C=O) groups excluding carboxylic acids is 1. The molecule has 0 spiro atoms. The molecule has 1 amide bonds. The number of alkyl carbamates (subject to hydrolysis) is 1. The Morgan fingerprint density at radius 2 is 2.11 bits per heavy atom. The molecule has 1 fully saturated rings. The number of fused-ring (bicyclic) bond motifs is 4. The van der Waals surface area contributed by atoms with Crippen LogP contribution < -0.4 is 10.1 Å². The number of methoxy groups -OCH3 is 2. The maximum absolute atomic E-state index is 12.2. The molecule has 1 heterocycles. The van der Waals surface area contributed by atoms with Crippen molar-refractivity contribution in [2.24, 2.45) is 5.92 Å². The first kappa shape index (κ1) is 19.6. The lowest BCUT2D eigenvalue weighted by Gasteiger charge is -2.50. The third kappa shape index (κ3) is 3.66. The van der Waals surface area contributed by atoms with Crippen LogP contribution in [0.3, 0.4) is 0 Å². The molecule has 0 aliphatic heterocycles. The third-order valence-corrected chi connectivity index (χ3v) is 5.82. The molecule has 1 aromatic heterocycles. The smallest absolute Gasteiger partial charge is 0.407 e. The maximum Gasteiger partial charge on any atom is 0.407 e. The summed E-state index contributed by atoms with van der Waals surface area (Å²) in [6.07, 6.45) is 3.26. The molecular formula is C18H24N2O6S. The van der Waals surface area contributed by atoms with Gasteiger partial charge in [-0.25, -0.2) is 9.78 Å². The van der Waals surface area contributed by atoms with E-state index in [1.165, 1.54) is 7.11 Å². The Morgan fingerprint density at radius 3 is 2.70 bits per heavy atom. The van der Waals surface area contributed by atoms with Crippen molar-refractivity contribution in [3.8, 4) is 5.88 Å². The predicted octanol–water partition coefficient (Wildman–Crippen LogP) is 1.90. The van der Waals surface area contributed by atoms with Gasteiger partial charge in [-0.3, -0.25) is 4.18 Å². The summed E-state index contributed by atoms with van der Waals surface area (Å²) in [6, 6.07) is 3.59. The van der Waals surface area contributed by atoms with Crippen LogP contribution in [0.4, 0.5) is 4.79 Å². The van der Waals surface area contributed by atoms with E-state index in [-0.39, 0.29) is 12.3 Å². The summed E-state index contributed by atoms with van der Waals surface area (Å²) in [7, 11) is -0.783. The van der Waals surface area contributed by atoms with Gasteiger partial charge in [-0.05, 0) is 37.3 Å². The van der Waals surface area contributed by atoms with E-state index < -0.39 is 27.9 Å². The standard InChI is InChI=1S/C18H24N2O6S/c1-5-13-11-8-12(26-27(4,22)23)10-18(13,20-17(21)25-3)14-6-7-16(24-2)19-15(14)9-11/h5-7,11-12H,8-10H2,1-4H3,(H,20,21)/t11-,12-,18+/m1/s1. The van der Waals surface area contributed by atoms with Gasteiger partial charge >= 0.3 is 6.09 Å². The van der Waals surface area contributed by atoms with Gasteiger partial charge < -0.3 is 14.8 Å². The molecule has 0 saturated heterocycles. The van der Waals surface area contributed by atoms with Crippen molar-refractivity contribution in [2.75, 3.05) is 20.5 Å². The third-order valence-electron chi connectivity index (χ3n) is 5.19. The highest BCUT2D eigenvalue weighted by molar-refractivity contribution is 7.86. The number of nitrogens with zero attached hydrogens (tertiary/aromatic N) is 1. The average Bonchev–Trinajstić information content (AvgIpc) is 2.59. The zero-order valence-electron chi connectivity index (χ0n) is 15.8. The highest BCUT2D eigenvalue weighted by atomic mass is 32.2. The minimum Gasteiger partial charge on any atom is -0.481 e. The Kier molecular flexibility index (Phi) is 5.18. The van der Waals surface area contributed by atoms with E-state index in [1.54, 1.807) is 13.2 Å². The fourth-order valence-corrected chi connectivity index (χ4v) is 5.03. The minimum absolute atomic E-state index is 0.0141. The highest BCUT2D eigenvalue weighted by Gasteiger charge is 2.52. The summed E-state index contributed by atoms with van der Waals surface area (Å²) in [6.45, 7) is 1.91. The van der Waals surface area contributed by atoms with Gasteiger partial charge in [-0.15, -0.1) is 0 Å². The van der Waals surface area contributed by atoms with Crippen LogP contribution >= 0.6 is 0 Å². The first-order chi connectivity index (χ1) is 12.7. The van der Waals surface area contributed by atoms with Crippen LogP contribution in [0.25, 0.3) is 0 Å². The molecule has 0 aromatic carbocycles. The lowest BCUT2D eigenvalue weighted by molar-refractivity contribution is 0.0867. The van der Waals surface area contributed by atoms with E-state index in [2.05, 4.69) is 10.3 Å². The second-order valence-electron chi connectivity index (χ2n) is 6.88. The fourth-order valence-electron chi connectivity index (χ4n) is 4.39. The van der Waals surface area contributed by atoms with Crippen LogP contribution in [0.1, 0.15) is 31.0 Å². The van der Waals surface area contributed by atoms with E-state index in [0.717, 1.165) is 23.1 Å². The summed E-state index contributed by atoms with van der Waals surface area (Å²) in [5, 5.41) is 2.94. The summed E-state index contributed by atoms with van der Waals surface area (Å²) in [4.78, 5) is 16.8. The van der Waals surface area contributed by atoms with Gasteiger partial charge in [0.05, 0.1) is 37.8 Å². The van der Waals surface area contributed by atoms with Gasteiger partial charge in [0.2, 0.25) is 5.88 Å². The zero-order valence-corrected chi connectivity index (χ0v) is 16.6. The Labute approximate surface area is 159 Å². The predicted molar refractivity (Wildman–Crippen MR) is 97.9 cm³/mol. The topological polar surface area (TPSA) is 104 Å². The van der Waals surface area contributed by atoms with E-state index in [4.69, 9.17) is 13.7 Å². The van der Waals surface area contributed by atoms with Crippen molar-refractivity contribution in [1.82, 2.24) is 10.3 Å². The molecule has 1 N–H and O–H groups in total. The van der Waals surface area contributed by atoms with Crippen LogP contribution in [0, 0.1) is 5.92 Å². The quantitative estimate of drug-likeness (QED) is 0.612. The van der Waals surface area contributed by atoms with E-state index in [1.807, 2.05) is 19.1 Å². The molecule has 2 aliphatic rings. The molecular weight excluding hydrogens is 372 g/mol. The van der Waals surface area contributed by atoms with Crippen LogP contribution in [0.2, 0.25) is 0 Å². The Bertz CT molecular complexity index is 882. The van der Waals surface area contributed by atoms with Gasteiger partial charge in [0.15, 0.2) is 0 Å². The number of amides is 1. The normalized spacial score (nSPS) is 28.4. The van der Waals surface area contributed by atoms with Crippen LogP contribution in [-0.4, -0.2) is 46.1 Å². The first-order valence-corrected chi connectivity index (χ1v) is 10.5. The highest BCUT2D eigenvalue weighted by Crippen LogP contribution is 2.51. The van der Waals surface area contributed by atoms with E-state index in [0.29, 0.717) is 18.7 Å². The number of hydrogen-bond donors (Lipinski definition) is 1. The number of allylic oxidation sites excluding steroid dienone is 1. The maximum atomic E-state index is 12.2. The number of ether oxygens (including phenoxy) is 2. The number of nitrogens with one attached hydrogen (secondary N) is 1. The monoisotopic (exact) mass is 396 g/mol. The number of pyridine rings is 1. The Hall–Kier alpha value is -2.13. The van der Waals surface area contributed by atoms with Crippen LogP contribution in [-0.2, 0) is 31.0 Å². The molecule has 8 nitrogen and oxygen atoms in total. The molecule has 0 unspecified atom stereocenters. The lowest BCUT2D eigenvalue weighted by atomic mass is 9.61. The van der Waals surface area contributed by atoms with Gasteiger partial charge in [-0.1, -0.05) is 6.08 Å². The molecule has 1 saturated carbocycles. The molecule has 3 atom stereocenters. The average molecular weight is 396 g/mol. The molecule has 3 rings (SSSR count). The minimum atomic E-state index is -3.63. The fraction of sp³-hybridized carbons (Fsp3) is 0.556. The summed E-state index contributed by atoms with van der Waals surface area (Å²) in [5.74, 6) is 0.479. The van der Waals surface area contributed by atoms with Crippen LogP contribution in [0.15, 0.2) is 23.8 Å². The van der Waals surface area contributed by atoms with Gasteiger partial charge in [0.25, 0.3) is 10.1 Å². The first-order valence-electron chi connectivity index (χ1n) is 8.68. The zero-order chi connectivity index (χ0) is 19.8. The molecule has 9 heteroatoms. The van der Waals surface area contributed by atoms with Gasteiger partial charge in [-0.2, -0.15) is 8.42 Å². The molecule has 0 radical (unpaired) electrons. The number of carbonyl (C=O) groups is 1. The van der Waals surface area contributed by atoms with Crippen molar-refractivity contribution in [3.63, 3.8) is 0 Å². The van der Waals surface area contributed by atoms with Crippen LogP contribution in [0.5, 0.6) is 5.88 Å².